The van der Waals surface area contributed by atoms with Crippen LogP contribution >= 0.6 is 0 Å². The summed E-state index contributed by atoms with van der Waals surface area (Å²) >= 11 is 0. The largest absolute Gasteiger partial charge is 0.454 e. The van der Waals surface area contributed by atoms with E-state index in [-0.39, 0.29) is 24.3 Å². The number of ether oxygens (including phenoxy) is 2. The number of Topliss-reactive ketones (excluding diaryl/α,β-unsaturated/α-hetero) is 2. The van der Waals surface area contributed by atoms with Crippen molar-refractivity contribution < 1.29 is 19.1 Å². The normalized spacial score (nSPS) is 18.7. The first-order chi connectivity index (χ1) is 9.15. The highest BCUT2D eigenvalue weighted by Gasteiger charge is 2.28. The van der Waals surface area contributed by atoms with Crippen molar-refractivity contribution in [2.24, 2.45) is 5.92 Å². The molecule has 0 atom stereocenters. The Kier molecular flexibility index (Phi) is 3.01. The molecule has 4 heteroatoms. The minimum Gasteiger partial charge on any atom is -0.454 e. The summed E-state index contributed by atoms with van der Waals surface area (Å²) in [5.74, 6) is 1.71. The predicted molar refractivity (Wildman–Crippen MR) is 68.6 cm³/mol. The minimum atomic E-state index is -0.0308. The number of aryl methyl sites for hydroxylation is 1. The fourth-order valence-electron chi connectivity index (χ4n) is 2.73. The molecule has 1 saturated carbocycles. The summed E-state index contributed by atoms with van der Waals surface area (Å²) in [6.45, 7) is 2.12. The Morgan fingerprint density at radius 1 is 1.16 bits per heavy atom. The zero-order valence-electron chi connectivity index (χ0n) is 10.9. The number of benzene rings is 1. The summed E-state index contributed by atoms with van der Waals surface area (Å²) in [4.78, 5) is 23.8. The first kappa shape index (κ1) is 12.2. The molecule has 2 aliphatic rings. The van der Waals surface area contributed by atoms with Gasteiger partial charge in [-0.05, 0) is 37.5 Å². The van der Waals surface area contributed by atoms with E-state index in [0.717, 1.165) is 5.56 Å². The van der Waals surface area contributed by atoms with Crippen molar-refractivity contribution in [1.82, 2.24) is 0 Å². The molecule has 0 saturated heterocycles. The van der Waals surface area contributed by atoms with Gasteiger partial charge in [0.2, 0.25) is 6.79 Å². The van der Waals surface area contributed by atoms with Crippen molar-refractivity contribution in [3.63, 3.8) is 0 Å². The predicted octanol–water partition coefficient (Wildman–Crippen LogP) is 2.67. The van der Waals surface area contributed by atoms with Crippen molar-refractivity contribution in [1.29, 1.82) is 0 Å². The summed E-state index contributed by atoms with van der Waals surface area (Å²) in [6, 6.07) is 3.62. The highest BCUT2D eigenvalue weighted by molar-refractivity contribution is 6.00. The lowest BCUT2D eigenvalue weighted by Gasteiger charge is -2.20. The highest BCUT2D eigenvalue weighted by atomic mass is 16.7. The number of carbonyl (C=O) groups excluding carboxylic acids is 2. The van der Waals surface area contributed by atoms with E-state index in [9.17, 15) is 9.59 Å². The molecule has 19 heavy (non-hydrogen) atoms. The van der Waals surface area contributed by atoms with E-state index in [4.69, 9.17) is 9.47 Å². The van der Waals surface area contributed by atoms with Crippen LogP contribution in [0.25, 0.3) is 0 Å². The molecule has 100 valence electrons. The van der Waals surface area contributed by atoms with E-state index in [1.165, 1.54) is 0 Å². The third-order valence-corrected chi connectivity index (χ3v) is 3.90. The molecule has 1 aliphatic carbocycles. The maximum Gasteiger partial charge on any atom is 0.231 e. The summed E-state index contributed by atoms with van der Waals surface area (Å²) < 4.78 is 10.6. The maximum absolute atomic E-state index is 12.5. The summed E-state index contributed by atoms with van der Waals surface area (Å²) in [7, 11) is 0. The van der Waals surface area contributed by atoms with E-state index < -0.39 is 0 Å². The van der Waals surface area contributed by atoms with E-state index in [1.54, 1.807) is 6.07 Å². The lowest BCUT2D eigenvalue weighted by Crippen LogP contribution is -2.22. The van der Waals surface area contributed by atoms with Crippen LogP contribution in [-0.4, -0.2) is 18.4 Å². The molecule has 0 N–H and O–H groups in total. The van der Waals surface area contributed by atoms with Gasteiger partial charge in [-0.25, -0.2) is 0 Å². The third kappa shape index (κ3) is 2.23. The van der Waals surface area contributed by atoms with Crippen molar-refractivity contribution in [3.8, 4) is 11.5 Å². The van der Waals surface area contributed by atoms with Crippen molar-refractivity contribution in [2.75, 3.05) is 6.79 Å². The molecule has 1 aromatic carbocycles. The molecule has 4 nitrogen and oxygen atoms in total. The van der Waals surface area contributed by atoms with Gasteiger partial charge in [0.1, 0.15) is 5.78 Å². The molecule has 3 rings (SSSR count). The van der Waals surface area contributed by atoms with Gasteiger partial charge in [0.25, 0.3) is 0 Å². The van der Waals surface area contributed by atoms with Gasteiger partial charge in [0.05, 0.1) is 0 Å². The Bertz CT molecular complexity index is 537. The summed E-state index contributed by atoms with van der Waals surface area (Å²) in [5, 5.41) is 0. The highest BCUT2D eigenvalue weighted by Crippen LogP contribution is 2.36. The Morgan fingerprint density at radius 3 is 2.47 bits per heavy atom. The van der Waals surface area contributed by atoms with Crippen LogP contribution in [0.15, 0.2) is 12.1 Å². The van der Waals surface area contributed by atoms with Gasteiger partial charge in [-0.2, -0.15) is 0 Å². The minimum absolute atomic E-state index is 0.0308. The van der Waals surface area contributed by atoms with E-state index in [0.29, 0.717) is 42.7 Å². The average molecular weight is 260 g/mol. The molecule has 0 bridgehead atoms. The van der Waals surface area contributed by atoms with Gasteiger partial charge in [-0.3, -0.25) is 9.59 Å². The second-order valence-electron chi connectivity index (χ2n) is 5.20. The molecule has 0 radical (unpaired) electrons. The molecule has 1 aromatic rings. The fraction of sp³-hybridized carbons (Fsp3) is 0.467. The number of hydrogen-bond acceptors (Lipinski definition) is 4. The Balaban J connectivity index is 1.85. The molecule has 0 spiro atoms. The van der Waals surface area contributed by atoms with Gasteiger partial charge in [0, 0.05) is 24.3 Å². The molecule has 0 aromatic heterocycles. The van der Waals surface area contributed by atoms with Gasteiger partial charge < -0.3 is 9.47 Å². The lowest BCUT2D eigenvalue weighted by atomic mass is 9.82. The monoisotopic (exact) mass is 260 g/mol. The van der Waals surface area contributed by atoms with Crippen LogP contribution in [0.1, 0.15) is 41.6 Å². The van der Waals surface area contributed by atoms with Gasteiger partial charge in [-0.15, -0.1) is 0 Å². The van der Waals surface area contributed by atoms with Crippen LogP contribution in [0.2, 0.25) is 0 Å². The molecular weight excluding hydrogens is 244 g/mol. The number of hydrogen-bond donors (Lipinski definition) is 0. The lowest BCUT2D eigenvalue weighted by molar-refractivity contribution is -0.120. The van der Waals surface area contributed by atoms with Crippen molar-refractivity contribution >= 4 is 11.6 Å². The topological polar surface area (TPSA) is 52.6 Å². The summed E-state index contributed by atoms with van der Waals surface area (Å²) in [6.07, 6.45) is 2.40. The van der Waals surface area contributed by atoms with Crippen LogP contribution in [-0.2, 0) is 4.79 Å². The maximum atomic E-state index is 12.5. The van der Waals surface area contributed by atoms with Gasteiger partial charge >= 0.3 is 0 Å². The van der Waals surface area contributed by atoms with Crippen molar-refractivity contribution in [2.45, 2.75) is 32.6 Å². The first-order valence-corrected chi connectivity index (χ1v) is 6.61. The van der Waals surface area contributed by atoms with Gasteiger partial charge in [0.15, 0.2) is 17.3 Å². The standard InChI is InChI=1S/C15H16O4/c1-9-6-13-14(19-8-18-13)7-12(9)15(17)10-2-4-11(16)5-3-10/h6-7,10H,2-5,8H2,1H3. The van der Waals surface area contributed by atoms with Crippen LogP contribution in [0.4, 0.5) is 0 Å². The smallest absolute Gasteiger partial charge is 0.231 e. The number of carbonyl (C=O) groups is 2. The Morgan fingerprint density at radius 2 is 1.79 bits per heavy atom. The zero-order chi connectivity index (χ0) is 13.4. The SMILES string of the molecule is Cc1cc2c(cc1C(=O)C1CCC(=O)CC1)OCO2. The Labute approximate surface area is 111 Å². The number of fused-ring (bicyclic) bond motifs is 1. The molecule has 1 heterocycles. The third-order valence-electron chi connectivity index (χ3n) is 3.90. The summed E-state index contributed by atoms with van der Waals surface area (Å²) in [5.41, 5.74) is 1.61. The van der Waals surface area contributed by atoms with E-state index in [1.807, 2.05) is 13.0 Å². The van der Waals surface area contributed by atoms with Gasteiger partial charge in [-0.1, -0.05) is 0 Å². The molecule has 0 unspecified atom stereocenters. The second-order valence-corrected chi connectivity index (χ2v) is 5.20. The molecule has 1 fully saturated rings. The molecule has 0 amide bonds. The zero-order valence-corrected chi connectivity index (χ0v) is 10.9. The van der Waals surface area contributed by atoms with Crippen LogP contribution in [0.5, 0.6) is 11.5 Å². The quantitative estimate of drug-likeness (QED) is 0.767. The fourth-order valence-corrected chi connectivity index (χ4v) is 2.73. The number of rotatable bonds is 2. The van der Waals surface area contributed by atoms with Crippen LogP contribution in [0.3, 0.4) is 0 Å². The molecule has 1 aliphatic heterocycles. The average Bonchev–Trinajstić information content (AvgIpc) is 2.85. The Hall–Kier alpha value is -1.84. The first-order valence-electron chi connectivity index (χ1n) is 6.61. The second kappa shape index (κ2) is 4.68. The van der Waals surface area contributed by atoms with E-state index in [2.05, 4.69) is 0 Å². The van der Waals surface area contributed by atoms with Crippen LogP contribution in [0, 0.1) is 12.8 Å². The van der Waals surface area contributed by atoms with Crippen molar-refractivity contribution in [3.05, 3.63) is 23.3 Å². The van der Waals surface area contributed by atoms with Crippen LogP contribution < -0.4 is 9.47 Å². The molecular formula is C15H16O4. The van der Waals surface area contributed by atoms with E-state index >= 15 is 0 Å². The number of ketones is 2.